The minimum Gasteiger partial charge on any atom is -0.369 e. The Kier molecular flexibility index (Phi) is 6.52. The highest BCUT2D eigenvalue weighted by atomic mass is 35.5. The van der Waals surface area contributed by atoms with Crippen LogP contribution in [-0.4, -0.2) is 48.0 Å². The Morgan fingerprint density at radius 2 is 2.04 bits per heavy atom. The van der Waals surface area contributed by atoms with E-state index in [4.69, 9.17) is 11.6 Å². The molecule has 1 amide bonds. The summed E-state index contributed by atoms with van der Waals surface area (Å²) in [5, 5.41) is 6.55. The van der Waals surface area contributed by atoms with Gasteiger partial charge in [-0.1, -0.05) is 17.7 Å². The maximum atomic E-state index is 12.2. The lowest BCUT2D eigenvalue weighted by Gasteiger charge is -2.10. The number of anilines is 2. The van der Waals surface area contributed by atoms with Gasteiger partial charge in [0.1, 0.15) is 11.5 Å². The Labute approximate surface area is 147 Å². The molecule has 0 fully saturated rings. The quantitative estimate of drug-likeness (QED) is 0.753. The summed E-state index contributed by atoms with van der Waals surface area (Å²) in [7, 11) is 4.07. The molecule has 2 N–H and O–H groups in total. The van der Waals surface area contributed by atoms with Gasteiger partial charge in [0.15, 0.2) is 0 Å². The first-order valence-corrected chi connectivity index (χ1v) is 8.11. The van der Waals surface area contributed by atoms with Crippen LogP contribution in [-0.2, 0) is 0 Å². The number of rotatable bonds is 7. The van der Waals surface area contributed by atoms with Crippen molar-refractivity contribution in [1.82, 2.24) is 14.9 Å². The van der Waals surface area contributed by atoms with Gasteiger partial charge >= 0.3 is 0 Å². The van der Waals surface area contributed by atoms with E-state index in [9.17, 15) is 4.79 Å². The van der Waals surface area contributed by atoms with Gasteiger partial charge in [0.25, 0.3) is 5.91 Å². The molecule has 0 unspecified atom stereocenters. The molecule has 0 aliphatic heterocycles. The van der Waals surface area contributed by atoms with Gasteiger partial charge in [-0.25, -0.2) is 9.97 Å². The molecule has 0 aliphatic carbocycles. The highest BCUT2D eigenvalue weighted by molar-refractivity contribution is 6.31. The summed E-state index contributed by atoms with van der Waals surface area (Å²) < 4.78 is 0. The molecule has 24 heavy (non-hydrogen) atoms. The number of hydrogen-bond acceptors (Lipinski definition) is 5. The van der Waals surface area contributed by atoms with Crippen molar-refractivity contribution in [2.24, 2.45) is 0 Å². The first-order valence-electron chi connectivity index (χ1n) is 7.74. The maximum Gasteiger partial charge on any atom is 0.275 e. The second-order valence-corrected chi connectivity index (χ2v) is 6.20. The van der Waals surface area contributed by atoms with E-state index in [1.165, 1.54) is 6.20 Å². The number of carbonyl (C=O) groups is 1. The molecule has 0 saturated heterocycles. The fourth-order valence-electron chi connectivity index (χ4n) is 2.01. The van der Waals surface area contributed by atoms with Crippen LogP contribution in [0.15, 0.2) is 30.6 Å². The number of carbonyl (C=O) groups excluding carboxylic acids is 1. The molecule has 1 aromatic carbocycles. The number of aromatic nitrogens is 2. The van der Waals surface area contributed by atoms with Gasteiger partial charge in [0, 0.05) is 17.3 Å². The summed E-state index contributed by atoms with van der Waals surface area (Å²) in [4.78, 5) is 22.7. The average Bonchev–Trinajstić information content (AvgIpc) is 2.55. The van der Waals surface area contributed by atoms with Crippen LogP contribution >= 0.6 is 11.6 Å². The van der Waals surface area contributed by atoms with Crippen molar-refractivity contribution in [3.8, 4) is 0 Å². The minimum atomic E-state index is -0.318. The number of aryl methyl sites for hydroxylation is 1. The molecule has 0 bridgehead atoms. The normalized spacial score (nSPS) is 10.7. The van der Waals surface area contributed by atoms with E-state index in [1.807, 2.05) is 27.1 Å². The van der Waals surface area contributed by atoms with Gasteiger partial charge in [-0.15, -0.1) is 0 Å². The summed E-state index contributed by atoms with van der Waals surface area (Å²) in [5.41, 5.74) is 1.84. The highest BCUT2D eigenvalue weighted by Gasteiger charge is 2.09. The third-order valence-electron chi connectivity index (χ3n) is 3.40. The van der Waals surface area contributed by atoms with E-state index in [2.05, 4.69) is 25.5 Å². The van der Waals surface area contributed by atoms with Crippen LogP contribution in [0.1, 0.15) is 22.5 Å². The first-order chi connectivity index (χ1) is 11.5. The number of hydrogen-bond donors (Lipinski definition) is 2. The van der Waals surface area contributed by atoms with Crippen LogP contribution in [0.3, 0.4) is 0 Å². The van der Waals surface area contributed by atoms with Crippen molar-refractivity contribution < 1.29 is 4.79 Å². The second kappa shape index (κ2) is 8.61. The van der Waals surface area contributed by atoms with Crippen molar-refractivity contribution in [3.63, 3.8) is 0 Å². The third-order valence-corrected chi connectivity index (χ3v) is 3.81. The molecule has 7 heteroatoms. The van der Waals surface area contributed by atoms with Crippen molar-refractivity contribution in [1.29, 1.82) is 0 Å². The van der Waals surface area contributed by atoms with Gasteiger partial charge in [0.2, 0.25) is 0 Å². The number of halogens is 1. The summed E-state index contributed by atoms with van der Waals surface area (Å²) in [5.74, 6) is 0.338. The van der Waals surface area contributed by atoms with E-state index in [0.29, 0.717) is 16.5 Å². The summed E-state index contributed by atoms with van der Waals surface area (Å²) in [6.07, 6.45) is 4.03. The van der Waals surface area contributed by atoms with Crippen molar-refractivity contribution >= 4 is 29.0 Å². The van der Waals surface area contributed by atoms with Crippen molar-refractivity contribution in [2.75, 3.05) is 37.8 Å². The fourth-order valence-corrected chi connectivity index (χ4v) is 2.19. The van der Waals surface area contributed by atoms with E-state index < -0.39 is 0 Å². The number of nitrogens with one attached hydrogen (secondary N) is 2. The Balaban J connectivity index is 1.89. The topological polar surface area (TPSA) is 70.2 Å². The van der Waals surface area contributed by atoms with Gasteiger partial charge in [-0.2, -0.15) is 0 Å². The molecular formula is C17H22ClN5O. The molecule has 0 saturated carbocycles. The molecule has 0 aliphatic rings. The summed E-state index contributed by atoms with van der Waals surface area (Å²) in [6.45, 7) is 3.71. The van der Waals surface area contributed by atoms with Crippen LogP contribution in [0, 0.1) is 6.92 Å². The van der Waals surface area contributed by atoms with Crippen LogP contribution in [0.2, 0.25) is 5.02 Å². The molecule has 128 valence electrons. The molecule has 1 aromatic heterocycles. The van der Waals surface area contributed by atoms with Crippen molar-refractivity contribution in [2.45, 2.75) is 13.3 Å². The van der Waals surface area contributed by atoms with Gasteiger partial charge < -0.3 is 15.5 Å². The lowest BCUT2D eigenvalue weighted by Crippen LogP contribution is -2.17. The second-order valence-electron chi connectivity index (χ2n) is 5.79. The monoisotopic (exact) mass is 347 g/mol. The van der Waals surface area contributed by atoms with Gasteiger partial charge in [0.05, 0.1) is 12.4 Å². The van der Waals surface area contributed by atoms with Crippen LogP contribution in [0.4, 0.5) is 11.5 Å². The third kappa shape index (κ3) is 5.47. The maximum absolute atomic E-state index is 12.2. The standard InChI is InChI=1S/C17H22ClN5O/c1-12-5-6-13(9-14(12)18)22-17(24)15-10-21-16(11-20-15)19-7-4-8-23(2)3/h5-6,9-11H,4,7-8H2,1-3H3,(H,19,21)(H,22,24). The minimum absolute atomic E-state index is 0.255. The predicted molar refractivity (Wildman–Crippen MR) is 97.8 cm³/mol. The zero-order chi connectivity index (χ0) is 17.5. The smallest absolute Gasteiger partial charge is 0.275 e. The molecule has 6 nitrogen and oxygen atoms in total. The molecule has 0 atom stereocenters. The molecule has 0 radical (unpaired) electrons. The lowest BCUT2D eigenvalue weighted by atomic mass is 10.2. The number of benzene rings is 1. The number of amides is 1. The summed E-state index contributed by atoms with van der Waals surface area (Å²) in [6, 6.07) is 5.36. The summed E-state index contributed by atoms with van der Waals surface area (Å²) >= 11 is 6.05. The first kappa shape index (κ1) is 18.2. The molecule has 0 spiro atoms. The molecular weight excluding hydrogens is 326 g/mol. The van der Waals surface area contributed by atoms with E-state index >= 15 is 0 Å². The Bertz CT molecular complexity index is 688. The van der Waals surface area contributed by atoms with Crippen molar-refractivity contribution in [3.05, 3.63) is 46.9 Å². The van der Waals surface area contributed by atoms with E-state index in [0.717, 1.165) is 25.1 Å². The van der Waals surface area contributed by atoms with Crippen LogP contribution in [0.5, 0.6) is 0 Å². The number of nitrogens with zero attached hydrogens (tertiary/aromatic N) is 3. The Morgan fingerprint density at radius 3 is 2.67 bits per heavy atom. The zero-order valence-electron chi connectivity index (χ0n) is 14.1. The lowest BCUT2D eigenvalue weighted by molar-refractivity contribution is 0.102. The Hall–Kier alpha value is -2.18. The average molecular weight is 348 g/mol. The fraction of sp³-hybridized carbons (Fsp3) is 0.353. The molecule has 2 aromatic rings. The van der Waals surface area contributed by atoms with Gasteiger partial charge in [-0.3, -0.25) is 4.79 Å². The van der Waals surface area contributed by atoms with E-state index in [1.54, 1.807) is 18.3 Å². The van der Waals surface area contributed by atoms with Crippen LogP contribution in [0.25, 0.3) is 0 Å². The van der Waals surface area contributed by atoms with Gasteiger partial charge in [-0.05, 0) is 51.7 Å². The predicted octanol–water partition coefficient (Wildman–Crippen LogP) is 3.05. The zero-order valence-corrected chi connectivity index (χ0v) is 14.9. The molecule has 2 rings (SSSR count). The largest absolute Gasteiger partial charge is 0.369 e. The Morgan fingerprint density at radius 1 is 1.25 bits per heavy atom. The highest BCUT2D eigenvalue weighted by Crippen LogP contribution is 2.20. The SMILES string of the molecule is Cc1ccc(NC(=O)c2cnc(NCCCN(C)C)cn2)cc1Cl. The van der Waals surface area contributed by atoms with E-state index in [-0.39, 0.29) is 11.6 Å². The molecule has 1 heterocycles. The van der Waals surface area contributed by atoms with Crippen LogP contribution < -0.4 is 10.6 Å².